The molecule has 0 aliphatic rings. The summed E-state index contributed by atoms with van der Waals surface area (Å²) in [5.74, 6) is -0.495. The van der Waals surface area contributed by atoms with Crippen LogP contribution in [0.3, 0.4) is 0 Å². The molecule has 0 aliphatic heterocycles. The summed E-state index contributed by atoms with van der Waals surface area (Å²) in [6, 6.07) is 0. The molecule has 6 heteroatoms. The Labute approximate surface area is 74.8 Å². The molecule has 0 radical (unpaired) electrons. The second kappa shape index (κ2) is 7.08. The highest BCUT2D eigenvalue weighted by Gasteiger charge is 2.11. The molecule has 0 saturated heterocycles. The lowest BCUT2D eigenvalue weighted by molar-refractivity contribution is -0.154. The smallest absolute Gasteiger partial charge is 0.302 e. The van der Waals surface area contributed by atoms with Crippen molar-refractivity contribution in [2.75, 3.05) is 13.2 Å². The molecular weight excluding hydrogens is 180 g/mol. The second-order valence-corrected chi connectivity index (χ2v) is 2.09. The van der Waals surface area contributed by atoms with Gasteiger partial charge in [-0.2, -0.15) is 0 Å². The Hall–Kier alpha value is -1.59. The fourth-order valence-corrected chi connectivity index (χ4v) is 0.562. The minimum Gasteiger partial charge on any atom is -0.464 e. The number of ether oxygens (including phenoxy) is 3. The van der Waals surface area contributed by atoms with Crippen molar-refractivity contribution in [2.45, 2.75) is 13.0 Å². The molecule has 74 valence electrons. The molecule has 0 aromatic carbocycles. The highest BCUT2D eigenvalue weighted by Crippen LogP contribution is 1.92. The van der Waals surface area contributed by atoms with Crippen LogP contribution in [0.25, 0.3) is 0 Å². The Morgan fingerprint density at radius 2 is 2.00 bits per heavy atom. The van der Waals surface area contributed by atoms with Gasteiger partial charge in [-0.3, -0.25) is 14.4 Å². The molecule has 0 N–H and O–H groups in total. The van der Waals surface area contributed by atoms with Crippen LogP contribution in [-0.4, -0.2) is 38.2 Å². The van der Waals surface area contributed by atoms with Crippen molar-refractivity contribution >= 4 is 18.9 Å². The molecule has 13 heavy (non-hydrogen) atoms. The van der Waals surface area contributed by atoms with Gasteiger partial charge in [0.2, 0.25) is 0 Å². The zero-order valence-electron chi connectivity index (χ0n) is 7.10. The SMILES string of the molecule is CC(=O)OCC(COC=O)OC=O. The summed E-state index contributed by atoms with van der Waals surface area (Å²) in [6.45, 7) is 1.38. The van der Waals surface area contributed by atoms with Gasteiger partial charge in [-0.1, -0.05) is 0 Å². The molecule has 0 amide bonds. The van der Waals surface area contributed by atoms with E-state index in [0.717, 1.165) is 0 Å². The fraction of sp³-hybridized carbons (Fsp3) is 0.571. The third-order valence-corrected chi connectivity index (χ3v) is 1.07. The highest BCUT2D eigenvalue weighted by atomic mass is 16.6. The highest BCUT2D eigenvalue weighted by molar-refractivity contribution is 5.65. The van der Waals surface area contributed by atoms with Crippen LogP contribution in [0.4, 0.5) is 0 Å². The third-order valence-electron chi connectivity index (χ3n) is 1.07. The third kappa shape index (κ3) is 6.79. The van der Waals surface area contributed by atoms with E-state index in [1.54, 1.807) is 0 Å². The Morgan fingerprint density at radius 3 is 2.46 bits per heavy atom. The zero-order chi connectivity index (χ0) is 10.1. The van der Waals surface area contributed by atoms with Crippen LogP contribution in [0.15, 0.2) is 0 Å². The van der Waals surface area contributed by atoms with Crippen LogP contribution in [0, 0.1) is 0 Å². The quantitative estimate of drug-likeness (QED) is 0.299. The summed E-state index contributed by atoms with van der Waals surface area (Å²) in [7, 11) is 0. The summed E-state index contributed by atoms with van der Waals surface area (Å²) in [4.78, 5) is 30.0. The number of esters is 1. The zero-order valence-corrected chi connectivity index (χ0v) is 7.10. The van der Waals surface area contributed by atoms with E-state index >= 15 is 0 Å². The van der Waals surface area contributed by atoms with Gasteiger partial charge in [0.05, 0.1) is 0 Å². The molecule has 0 aromatic heterocycles. The Balaban J connectivity index is 3.71. The maximum Gasteiger partial charge on any atom is 0.302 e. The van der Waals surface area contributed by atoms with Crippen LogP contribution in [0.5, 0.6) is 0 Å². The van der Waals surface area contributed by atoms with Gasteiger partial charge in [0.1, 0.15) is 13.2 Å². The lowest BCUT2D eigenvalue weighted by Crippen LogP contribution is -2.26. The van der Waals surface area contributed by atoms with Gasteiger partial charge in [-0.25, -0.2) is 0 Å². The maximum absolute atomic E-state index is 10.3. The van der Waals surface area contributed by atoms with E-state index in [1.807, 2.05) is 0 Å². The molecular formula is C7H10O6. The number of carbonyl (C=O) groups is 3. The van der Waals surface area contributed by atoms with E-state index < -0.39 is 12.1 Å². The van der Waals surface area contributed by atoms with Crippen LogP contribution >= 0.6 is 0 Å². The Bertz CT molecular complexity index is 178. The van der Waals surface area contributed by atoms with Crippen molar-refractivity contribution in [3.05, 3.63) is 0 Å². The number of carbonyl (C=O) groups excluding carboxylic acids is 3. The van der Waals surface area contributed by atoms with E-state index in [-0.39, 0.29) is 26.2 Å². The lowest BCUT2D eigenvalue weighted by Gasteiger charge is -2.12. The summed E-state index contributed by atoms with van der Waals surface area (Å²) < 4.78 is 13.3. The molecule has 0 bridgehead atoms. The molecule has 0 spiro atoms. The maximum atomic E-state index is 10.3. The van der Waals surface area contributed by atoms with Crippen LogP contribution in [0.1, 0.15) is 6.92 Å². The van der Waals surface area contributed by atoms with Gasteiger partial charge in [-0.15, -0.1) is 0 Å². The summed E-state index contributed by atoms with van der Waals surface area (Å²) >= 11 is 0. The normalized spacial score (nSPS) is 11.2. The number of hydrogen-bond donors (Lipinski definition) is 0. The molecule has 0 saturated carbocycles. The van der Waals surface area contributed by atoms with E-state index in [1.165, 1.54) is 6.92 Å². The first kappa shape index (κ1) is 11.4. The van der Waals surface area contributed by atoms with Gasteiger partial charge >= 0.3 is 5.97 Å². The Morgan fingerprint density at radius 1 is 1.31 bits per heavy atom. The van der Waals surface area contributed by atoms with Crippen LogP contribution in [0.2, 0.25) is 0 Å². The van der Waals surface area contributed by atoms with E-state index in [0.29, 0.717) is 0 Å². The predicted molar refractivity (Wildman–Crippen MR) is 39.6 cm³/mol. The van der Waals surface area contributed by atoms with Crippen LogP contribution < -0.4 is 0 Å². The average molecular weight is 190 g/mol. The van der Waals surface area contributed by atoms with Gasteiger partial charge in [0.15, 0.2) is 6.10 Å². The minimum atomic E-state index is -0.744. The van der Waals surface area contributed by atoms with Crippen molar-refractivity contribution in [3.63, 3.8) is 0 Å². The molecule has 0 aromatic rings. The van der Waals surface area contributed by atoms with Gasteiger partial charge in [0.25, 0.3) is 12.9 Å². The molecule has 1 unspecified atom stereocenters. The van der Waals surface area contributed by atoms with E-state index in [9.17, 15) is 14.4 Å². The van der Waals surface area contributed by atoms with E-state index in [2.05, 4.69) is 14.2 Å². The monoisotopic (exact) mass is 190 g/mol. The molecule has 1 atom stereocenters. The lowest BCUT2D eigenvalue weighted by atomic mass is 10.4. The van der Waals surface area contributed by atoms with Crippen molar-refractivity contribution in [2.24, 2.45) is 0 Å². The predicted octanol–water partition coefficient (Wildman–Crippen LogP) is -0.736. The first-order chi connectivity index (χ1) is 6.20. The Kier molecular flexibility index (Phi) is 6.21. The van der Waals surface area contributed by atoms with Crippen molar-refractivity contribution in [3.8, 4) is 0 Å². The summed E-state index contributed by atoms with van der Waals surface area (Å²) in [6.07, 6.45) is -0.744. The molecule has 0 fully saturated rings. The molecule has 0 aliphatic carbocycles. The summed E-state index contributed by atoms with van der Waals surface area (Å²) in [5, 5.41) is 0. The first-order valence-corrected chi connectivity index (χ1v) is 3.48. The van der Waals surface area contributed by atoms with Gasteiger partial charge in [-0.05, 0) is 0 Å². The van der Waals surface area contributed by atoms with Gasteiger partial charge in [0, 0.05) is 6.92 Å². The largest absolute Gasteiger partial charge is 0.464 e. The van der Waals surface area contributed by atoms with E-state index in [4.69, 9.17) is 0 Å². The average Bonchev–Trinajstić information content (AvgIpc) is 2.09. The number of rotatable bonds is 7. The van der Waals surface area contributed by atoms with Crippen LogP contribution in [-0.2, 0) is 28.6 Å². The van der Waals surface area contributed by atoms with Crippen molar-refractivity contribution < 1.29 is 28.6 Å². The fourth-order valence-electron chi connectivity index (χ4n) is 0.562. The number of hydrogen-bond acceptors (Lipinski definition) is 6. The van der Waals surface area contributed by atoms with Crippen molar-refractivity contribution in [1.29, 1.82) is 0 Å². The van der Waals surface area contributed by atoms with Crippen molar-refractivity contribution in [1.82, 2.24) is 0 Å². The first-order valence-electron chi connectivity index (χ1n) is 3.48. The topological polar surface area (TPSA) is 78.9 Å². The minimum absolute atomic E-state index is 0.123. The van der Waals surface area contributed by atoms with Gasteiger partial charge < -0.3 is 14.2 Å². The molecule has 0 heterocycles. The second-order valence-electron chi connectivity index (χ2n) is 2.09. The standard InChI is InChI=1S/C7H10O6/c1-6(10)12-3-7(13-5-9)2-11-4-8/h4-5,7H,2-3H2,1H3. The molecule has 0 rings (SSSR count). The summed E-state index contributed by atoms with van der Waals surface area (Å²) in [5.41, 5.74) is 0. The molecule has 6 nitrogen and oxygen atoms in total.